The fourth-order valence-electron chi connectivity index (χ4n) is 9.14. The summed E-state index contributed by atoms with van der Waals surface area (Å²) in [6, 6.07) is 68.0. The van der Waals surface area contributed by atoms with E-state index in [0.29, 0.717) is 12.4 Å². The van der Waals surface area contributed by atoms with E-state index in [1.807, 2.05) is 0 Å². The molecule has 1 aliphatic rings. The van der Waals surface area contributed by atoms with E-state index in [9.17, 15) is 0 Å². The predicted octanol–water partition coefficient (Wildman–Crippen LogP) is 13.2. The van der Waals surface area contributed by atoms with Crippen molar-refractivity contribution < 1.29 is 0 Å². The molecule has 3 heterocycles. The van der Waals surface area contributed by atoms with E-state index >= 15 is 0 Å². The topological polar surface area (TPSA) is 34.6 Å². The van der Waals surface area contributed by atoms with Gasteiger partial charge < -0.3 is 4.57 Å². The molecular weight excluding hydrogens is 681 g/mol. The van der Waals surface area contributed by atoms with Crippen LogP contribution < -0.4 is 0 Å². The maximum atomic E-state index is 5.61. The molecule has 0 saturated heterocycles. The first-order valence-electron chi connectivity index (χ1n) is 19.3. The van der Waals surface area contributed by atoms with Crippen LogP contribution in [0.2, 0.25) is 0 Å². The molecule has 12 rings (SSSR count). The van der Waals surface area contributed by atoms with Gasteiger partial charge in [0, 0.05) is 33.7 Å². The van der Waals surface area contributed by atoms with Crippen LogP contribution in [0.5, 0.6) is 0 Å². The summed E-state index contributed by atoms with van der Waals surface area (Å²) in [5.74, 6) is 0.707. The van der Waals surface area contributed by atoms with Crippen molar-refractivity contribution in [2.45, 2.75) is 12.5 Å². The molecule has 1 unspecified atom stereocenters. The van der Waals surface area contributed by atoms with Crippen molar-refractivity contribution >= 4 is 87.6 Å². The van der Waals surface area contributed by atoms with E-state index in [0.717, 1.165) is 33.5 Å². The van der Waals surface area contributed by atoms with Gasteiger partial charge >= 0.3 is 0 Å². The Labute approximate surface area is 322 Å². The first kappa shape index (κ1) is 31.1. The lowest BCUT2D eigenvalue weighted by molar-refractivity contribution is 0.747. The third-order valence-corrected chi connectivity index (χ3v) is 11.8. The van der Waals surface area contributed by atoms with Crippen LogP contribution in [0.15, 0.2) is 198 Å². The number of hydrogen-bond donors (Lipinski definition) is 0. The van der Waals surface area contributed by atoms with E-state index < -0.39 is 0 Å². The van der Waals surface area contributed by atoms with Gasteiger partial charge in [0.25, 0.3) is 0 Å². The zero-order valence-electron chi connectivity index (χ0n) is 30.5. The summed E-state index contributed by atoms with van der Waals surface area (Å²) in [7, 11) is 0. The zero-order valence-corrected chi connectivity index (χ0v) is 30.5. The van der Waals surface area contributed by atoms with Gasteiger partial charge in [-0.2, -0.15) is 0 Å². The van der Waals surface area contributed by atoms with E-state index in [-0.39, 0.29) is 6.04 Å². The fraction of sp³-hybridized carbons (Fsp3) is 0.0385. The second kappa shape index (κ2) is 12.1. The molecule has 0 spiro atoms. The molecule has 262 valence electrons. The van der Waals surface area contributed by atoms with E-state index in [1.165, 1.54) is 64.9 Å². The quantitative estimate of drug-likeness (QED) is 0.175. The molecule has 4 nitrogen and oxygen atoms in total. The second-order valence-corrected chi connectivity index (χ2v) is 15.0. The minimum Gasteiger partial charge on any atom is -0.309 e. The molecule has 0 N–H and O–H groups in total. The van der Waals surface area contributed by atoms with Gasteiger partial charge in [-0.25, -0.2) is 9.98 Å². The molecule has 2 aromatic heterocycles. The fourth-order valence-corrected chi connectivity index (χ4v) is 9.14. The number of rotatable bonds is 3. The highest BCUT2D eigenvalue weighted by Gasteiger charge is 2.27. The first-order chi connectivity index (χ1) is 27.7. The normalized spacial score (nSPS) is 14.8. The average molecular weight is 715 g/mol. The summed E-state index contributed by atoms with van der Waals surface area (Å²) >= 11 is 0. The van der Waals surface area contributed by atoms with Gasteiger partial charge in [0.2, 0.25) is 5.96 Å². The summed E-state index contributed by atoms with van der Waals surface area (Å²) < 4.78 is 4.77. The average Bonchev–Trinajstić information content (AvgIpc) is 3.79. The molecule has 0 saturated carbocycles. The molecule has 9 aromatic carbocycles. The number of fused-ring (bicyclic) bond motifs is 10. The van der Waals surface area contributed by atoms with E-state index in [2.05, 4.69) is 197 Å². The summed E-state index contributed by atoms with van der Waals surface area (Å²) in [6.07, 6.45) is 0.702. The molecular formula is C52H34N4. The molecule has 0 bridgehead atoms. The highest BCUT2D eigenvalue weighted by atomic mass is 15.2. The number of para-hydroxylation sites is 2. The Morgan fingerprint density at radius 1 is 0.429 bits per heavy atom. The van der Waals surface area contributed by atoms with Gasteiger partial charge in [0.1, 0.15) is 0 Å². The minimum absolute atomic E-state index is 0.122. The van der Waals surface area contributed by atoms with Crippen molar-refractivity contribution in [1.82, 2.24) is 9.13 Å². The molecule has 4 heteroatoms. The van der Waals surface area contributed by atoms with Crippen LogP contribution in [-0.2, 0) is 0 Å². The molecule has 1 atom stereocenters. The van der Waals surface area contributed by atoms with Crippen LogP contribution >= 0.6 is 0 Å². The molecule has 0 amide bonds. The van der Waals surface area contributed by atoms with Gasteiger partial charge in [-0.3, -0.25) is 4.57 Å². The monoisotopic (exact) mass is 714 g/mol. The highest BCUT2D eigenvalue weighted by molar-refractivity contribution is 6.28. The summed E-state index contributed by atoms with van der Waals surface area (Å²) in [4.78, 5) is 11.2. The lowest BCUT2D eigenvalue weighted by Crippen LogP contribution is -2.21. The largest absolute Gasteiger partial charge is 0.309 e. The smallest absolute Gasteiger partial charge is 0.230 e. The number of aliphatic imine (C=N–C) groups is 2. The second-order valence-electron chi connectivity index (χ2n) is 15.0. The Hall–Kier alpha value is -7.30. The first-order valence-corrected chi connectivity index (χ1v) is 19.3. The van der Waals surface area contributed by atoms with Gasteiger partial charge in [0.15, 0.2) is 0 Å². The number of benzene rings is 9. The van der Waals surface area contributed by atoms with Gasteiger partial charge in [-0.1, -0.05) is 146 Å². The molecule has 11 aromatic rings. The Morgan fingerprint density at radius 2 is 1.02 bits per heavy atom. The molecule has 1 aliphatic heterocycles. The van der Waals surface area contributed by atoms with Crippen molar-refractivity contribution in [3.63, 3.8) is 0 Å². The summed E-state index contributed by atoms with van der Waals surface area (Å²) in [5, 5.41) is 12.1. The number of nitrogens with zero attached hydrogens (tertiary/aromatic N) is 4. The Kier molecular flexibility index (Phi) is 6.72. The van der Waals surface area contributed by atoms with Crippen LogP contribution in [-0.4, -0.2) is 20.8 Å². The Morgan fingerprint density at radius 3 is 1.77 bits per heavy atom. The summed E-state index contributed by atoms with van der Waals surface area (Å²) in [6.45, 7) is 0. The van der Waals surface area contributed by atoms with Crippen molar-refractivity contribution in [1.29, 1.82) is 0 Å². The minimum atomic E-state index is -0.122. The standard InChI is InChI=1S/C52H34N4/c1-4-14-36-29-39(23-21-33(36)11-1)45-32-46(40-24-22-34-12-2-5-15-37(34)30-40)54-52(53-45)56-47-19-9-7-17-42(47)43-27-28-49-50(51(43)56)44-18-8-10-20-48(44)55(49)41-26-25-35-13-3-6-16-38(35)31-41/h1-31,45H,32H2. The number of aromatic nitrogens is 2. The van der Waals surface area contributed by atoms with Crippen molar-refractivity contribution in [3.8, 4) is 5.69 Å². The van der Waals surface area contributed by atoms with E-state index in [1.54, 1.807) is 0 Å². The van der Waals surface area contributed by atoms with Crippen LogP contribution in [0.1, 0.15) is 23.6 Å². The van der Waals surface area contributed by atoms with Crippen LogP contribution in [0.4, 0.5) is 0 Å². The van der Waals surface area contributed by atoms with Crippen molar-refractivity contribution in [2.75, 3.05) is 0 Å². The SMILES string of the molecule is c1ccc2cc(C3=NC(n4c5ccccc5c5ccc6c(c7ccccc7n6-c6ccc7ccccc7c6)c54)=NC(c4ccc5ccccc5c4)C3)ccc2c1. The van der Waals surface area contributed by atoms with Crippen LogP contribution in [0.25, 0.3) is 81.6 Å². The van der Waals surface area contributed by atoms with Crippen LogP contribution in [0, 0.1) is 0 Å². The lowest BCUT2D eigenvalue weighted by Gasteiger charge is -2.23. The molecule has 56 heavy (non-hydrogen) atoms. The predicted molar refractivity (Wildman–Crippen MR) is 236 cm³/mol. The van der Waals surface area contributed by atoms with Gasteiger partial charge in [-0.05, 0) is 85.9 Å². The highest BCUT2D eigenvalue weighted by Crippen LogP contribution is 2.42. The third kappa shape index (κ3) is 4.72. The van der Waals surface area contributed by atoms with Gasteiger partial charge in [-0.15, -0.1) is 0 Å². The maximum Gasteiger partial charge on any atom is 0.230 e. The van der Waals surface area contributed by atoms with Crippen molar-refractivity contribution in [3.05, 3.63) is 199 Å². The number of hydrogen-bond acceptors (Lipinski definition) is 2. The molecule has 0 radical (unpaired) electrons. The third-order valence-electron chi connectivity index (χ3n) is 11.8. The zero-order chi connectivity index (χ0) is 36.7. The lowest BCUT2D eigenvalue weighted by atomic mass is 9.94. The molecule has 0 aliphatic carbocycles. The Bertz CT molecular complexity index is 3470. The van der Waals surface area contributed by atoms with Gasteiger partial charge in [0.05, 0.1) is 33.8 Å². The summed E-state index contributed by atoms with van der Waals surface area (Å²) in [5.41, 5.74) is 9.03. The Balaban J connectivity index is 1.16. The van der Waals surface area contributed by atoms with E-state index in [4.69, 9.17) is 9.98 Å². The van der Waals surface area contributed by atoms with Crippen LogP contribution in [0.3, 0.4) is 0 Å². The maximum absolute atomic E-state index is 5.61. The molecule has 0 fully saturated rings. The van der Waals surface area contributed by atoms with Crippen molar-refractivity contribution in [2.24, 2.45) is 9.98 Å².